The molecule has 0 amide bonds. The minimum atomic E-state index is 0.880. The van der Waals surface area contributed by atoms with Gasteiger partial charge in [-0.05, 0) is 24.3 Å². The van der Waals surface area contributed by atoms with E-state index in [4.69, 9.17) is 4.84 Å². The summed E-state index contributed by atoms with van der Waals surface area (Å²) >= 11 is 0. The van der Waals surface area contributed by atoms with E-state index < -0.39 is 0 Å². The second-order valence-electron chi connectivity index (χ2n) is 3.36. The molecular weight excluding hydrogens is 212 g/mol. The van der Waals surface area contributed by atoms with Gasteiger partial charge in [-0.2, -0.15) is 0 Å². The monoisotopic (exact) mass is 226 g/mol. The number of rotatable bonds is 0. The van der Waals surface area contributed by atoms with Gasteiger partial charge in [0, 0.05) is 24.2 Å². The van der Waals surface area contributed by atoms with E-state index in [1.807, 2.05) is 67.0 Å². The Labute approximate surface area is 101 Å². The molecule has 0 radical (unpaired) electrons. The summed E-state index contributed by atoms with van der Waals surface area (Å²) in [6.07, 6.45) is 15.3. The molecule has 0 aliphatic carbocycles. The molecule has 1 aromatic rings. The molecule has 0 atom stereocenters. The quantitative estimate of drug-likeness (QED) is 0.713. The highest BCUT2D eigenvalue weighted by Gasteiger charge is 2.01. The minimum absolute atomic E-state index is 0.880. The van der Waals surface area contributed by atoms with E-state index in [-0.39, 0.29) is 0 Å². The standard InChI is InChI=1S/C8H7NO.C6H7N/c1-2-4-8-7(3-1)5-6-9-10-8;1-2-4-6-7-5-3-1/h1-6,9H;1-7H. The highest BCUT2D eigenvalue weighted by molar-refractivity contribution is 5.57. The molecule has 2 N–H and O–H groups in total. The Hall–Kier alpha value is -2.42. The number of nitrogens with one attached hydrogen (secondary N) is 2. The van der Waals surface area contributed by atoms with Crippen molar-refractivity contribution in [2.24, 2.45) is 0 Å². The SMILES string of the molecule is C1=CC=CNC=C1.C1=Cc2ccccc2ON1. The molecule has 2 heterocycles. The Morgan fingerprint density at radius 2 is 1.59 bits per heavy atom. The Morgan fingerprint density at radius 1 is 0.824 bits per heavy atom. The van der Waals surface area contributed by atoms with Crippen molar-refractivity contribution in [3.05, 3.63) is 72.7 Å². The molecule has 2 aliphatic heterocycles. The lowest BCUT2D eigenvalue weighted by atomic mass is 10.2. The maximum absolute atomic E-state index is 5.09. The number of para-hydroxylation sites is 1. The molecular formula is C14H14N2O. The Balaban J connectivity index is 0.000000136. The van der Waals surface area contributed by atoms with E-state index in [1.54, 1.807) is 6.20 Å². The summed E-state index contributed by atoms with van der Waals surface area (Å²) in [5, 5.41) is 2.92. The Bertz CT molecular complexity index is 459. The van der Waals surface area contributed by atoms with Gasteiger partial charge in [0.2, 0.25) is 0 Å². The van der Waals surface area contributed by atoms with Crippen LogP contribution in [0.25, 0.3) is 6.08 Å². The number of allylic oxidation sites excluding steroid dienone is 4. The van der Waals surface area contributed by atoms with Crippen molar-refractivity contribution < 1.29 is 4.84 Å². The third-order valence-electron chi connectivity index (χ3n) is 2.14. The van der Waals surface area contributed by atoms with Crippen LogP contribution in [0.5, 0.6) is 5.75 Å². The van der Waals surface area contributed by atoms with Crippen molar-refractivity contribution in [2.45, 2.75) is 0 Å². The van der Waals surface area contributed by atoms with Gasteiger partial charge >= 0.3 is 0 Å². The largest absolute Gasteiger partial charge is 0.382 e. The van der Waals surface area contributed by atoms with E-state index in [9.17, 15) is 0 Å². The van der Waals surface area contributed by atoms with Gasteiger partial charge in [-0.1, -0.05) is 30.4 Å². The number of fused-ring (bicyclic) bond motifs is 1. The van der Waals surface area contributed by atoms with Crippen LogP contribution in [0, 0.1) is 0 Å². The lowest BCUT2D eigenvalue weighted by Crippen LogP contribution is -2.13. The molecule has 86 valence electrons. The van der Waals surface area contributed by atoms with E-state index in [1.165, 1.54) is 0 Å². The van der Waals surface area contributed by atoms with Gasteiger partial charge in [-0.15, -0.1) is 0 Å². The smallest absolute Gasteiger partial charge is 0.162 e. The van der Waals surface area contributed by atoms with Crippen molar-refractivity contribution in [3.8, 4) is 5.75 Å². The van der Waals surface area contributed by atoms with Crippen LogP contribution in [0.3, 0.4) is 0 Å². The highest BCUT2D eigenvalue weighted by Crippen LogP contribution is 2.20. The van der Waals surface area contributed by atoms with Crippen molar-refractivity contribution in [1.29, 1.82) is 0 Å². The van der Waals surface area contributed by atoms with Crippen molar-refractivity contribution >= 4 is 6.08 Å². The van der Waals surface area contributed by atoms with Gasteiger partial charge in [0.05, 0.1) is 0 Å². The van der Waals surface area contributed by atoms with Crippen LogP contribution in [0.15, 0.2) is 67.2 Å². The summed E-state index contributed by atoms with van der Waals surface area (Å²) in [6.45, 7) is 0. The predicted octanol–water partition coefficient (Wildman–Crippen LogP) is 2.73. The summed E-state index contributed by atoms with van der Waals surface area (Å²) < 4.78 is 0. The Kier molecular flexibility index (Phi) is 4.06. The summed E-state index contributed by atoms with van der Waals surface area (Å²) in [5.41, 5.74) is 3.77. The maximum Gasteiger partial charge on any atom is 0.162 e. The summed E-state index contributed by atoms with van der Waals surface area (Å²) in [7, 11) is 0. The predicted molar refractivity (Wildman–Crippen MR) is 69.8 cm³/mol. The lowest BCUT2D eigenvalue weighted by molar-refractivity contribution is 0.239. The van der Waals surface area contributed by atoms with Crippen molar-refractivity contribution in [3.63, 3.8) is 0 Å². The number of hydrogen-bond donors (Lipinski definition) is 2. The van der Waals surface area contributed by atoms with Crippen LogP contribution in [-0.4, -0.2) is 0 Å². The van der Waals surface area contributed by atoms with Gasteiger partial charge in [0.25, 0.3) is 0 Å². The fraction of sp³-hybridized carbons (Fsp3) is 0. The zero-order chi connectivity index (χ0) is 11.8. The van der Waals surface area contributed by atoms with Gasteiger partial charge in [0.1, 0.15) is 0 Å². The van der Waals surface area contributed by atoms with Gasteiger partial charge < -0.3 is 10.2 Å². The molecule has 3 heteroatoms. The fourth-order valence-corrected chi connectivity index (χ4v) is 1.34. The summed E-state index contributed by atoms with van der Waals surface area (Å²) in [4.78, 5) is 5.09. The van der Waals surface area contributed by atoms with E-state index >= 15 is 0 Å². The molecule has 2 aliphatic rings. The molecule has 17 heavy (non-hydrogen) atoms. The first-order chi connectivity index (χ1) is 8.47. The minimum Gasteiger partial charge on any atom is -0.382 e. The number of hydrogen-bond acceptors (Lipinski definition) is 3. The third kappa shape index (κ3) is 3.57. The molecule has 0 saturated heterocycles. The van der Waals surface area contributed by atoms with Gasteiger partial charge in [-0.25, -0.2) is 5.48 Å². The summed E-state index contributed by atoms with van der Waals surface area (Å²) in [5.74, 6) is 0.880. The van der Waals surface area contributed by atoms with Crippen LogP contribution < -0.4 is 15.6 Å². The molecule has 0 saturated carbocycles. The zero-order valence-electron chi connectivity index (χ0n) is 9.34. The molecule has 0 fully saturated rings. The summed E-state index contributed by atoms with van der Waals surface area (Å²) in [6, 6.07) is 7.86. The molecule has 0 bridgehead atoms. The fourth-order valence-electron chi connectivity index (χ4n) is 1.34. The molecule has 1 aromatic carbocycles. The maximum atomic E-state index is 5.09. The third-order valence-corrected chi connectivity index (χ3v) is 2.14. The first-order valence-electron chi connectivity index (χ1n) is 5.39. The van der Waals surface area contributed by atoms with Gasteiger partial charge in [-0.3, -0.25) is 0 Å². The highest BCUT2D eigenvalue weighted by atomic mass is 16.6. The van der Waals surface area contributed by atoms with E-state index in [2.05, 4.69) is 10.8 Å². The second kappa shape index (κ2) is 6.23. The molecule has 0 spiro atoms. The molecule has 0 aromatic heterocycles. The van der Waals surface area contributed by atoms with Crippen molar-refractivity contribution in [2.75, 3.05) is 0 Å². The normalized spacial score (nSPS) is 14.4. The molecule has 3 rings (SSSR count). The zero-order valence-corrected chi connectivity index (χ0v) is 9.34. The molecule has 0 unspecified atom stereocenters. The second-order valence-corrected chi connectivity index (χ2v) is 3.36. The first-order valence-corrected chi connectivity index (χ1v) is 5.39. The average molecular weight is 226 g/mol. The molecule has 3 nitrogen and oxygen atoms in total. The lowest BCUT2D eigenvalue weighted by Gasteiger charge is -2.11. The van der Waals surface area contributed by atoms with E-state index in [0.29, 0.717) is 0 Å². The van der Waals surface area contributed by atoms with Crippen LogP contribution >= 0.6 is 0 Å². The average Bonchev–Trinajstić information content (AvgIpc) is 2.72. The first kappa shape index (κ1) is 11.1. The van der Waals surface area contributed by atoms with Crippen molar-refractivity contribution in [1.82, 2.24) is 10.8 Å². The number of benzene rings is 1. The van der Waals surface area contributed by atoms with Crippen LogP contribution in [0.2, 0.25) is 0 Å². The van der Waals surface area contributed by atoms with Crippen LogP contribution in [-0.2, 0) is 0 Å². The van der Waals surface area contributed by atoms with Crippen LogP contribution in [0.4, 0.5) is 0 Å². The number of hydroxylamine groups is 1. The van der Waals surface area contributed by atoms with Crippen LogP contribution in [0.1, 0.15) is 5.56 Å². The Morgan fingerprint density at radius 3 is 2.35 bits per heavy atom. The van der Waals surface area contributed by atoms with Gasteiger partial charge in [0.15, 0.2) is 5.75 Å². The topological polar surface area (TPSA) is 33.3 Å². The van der Waals surface area contributed by atoms with E-state index in [0.717, 1.165) is 11.3 Å².